The Morgan fingerprint density at radius 3 is 2.81 bits per heavy atom. The van der Waals surface area contributed by atoms with Gasteiger partial charge in [0, 0.05) is 25.4 Å². The number of nitrogen functional groups attached to an aromatic ring is 1. The van der Waals surface area contributed by atoms with Gasteiger partial charge in [0.05, 0.1) is 12.2 Å². The Labute approximate surface area is 155 Å². The molecule has 8 heteroatoms. The number of fused-ring (bicyclic) bond motifs is 5. The number of anilines is 1. The molecule has 1 spiro atoms. The lowest BCUT2D eigenvalue weighted by atomic mass is 9.74. The van der Waals surface area contributed by atoms with Gasteiger partial charge in [0.2, 0.25) is 5.91 Å². The summed E-state index contributed by atoms with van der Waals surface area (Å²) in [5.74, 6) is -0.480. The van der Waals surface area contributed by atoms with E-state index in [0.717, 1.165) is 0 Å². The van der Waals surface area contributed by atoms with E-state index in [0.29, 0.717) is 28.3 Å². The number of hydrogen-bond donors (Lipinski definition) is 1. The molecule has 0 bridgehead atoms. The molecule has 0 fully saturated rings. The molecule has 1 aliphatic heterocycles. The minimum Gasteiger partial charge on any atom is -0.460 e. The summed E-state index contributed by atoms with van der Waals surface area (Å²) in [6.45, 7) is 2.05. The van der Waals surface area contributed by atoms with Gasteiger partial charge >= 0.3 is 5.97 Å². The van der Waals surface area contributed by atoms with E-state index >= 15 is 0 Å². The molecule has 1 atom stereocenters. The number of ether oxygens (including phenoxy) is 2. The normalized spacial score (nSPS) is 20.4. The number of benzene rings is 1. The molecular formula is C19H19N3O5. The van der Waals surface area contributed by atoms with E-state index in [1.165, 1.54) is 12.0 Å². The summed E-state index contributed by atoms with van der Waals surface area (Å²) >= 11 is 0. The maximum Gasteiger partial charge on any atom is 0.337 e. The van der Waals surface area contributed by atoms with Gasteiger partial charge in [-0.25, -0.2) is 4.79 Å². The Kier molecular flexibility index (Phi) is 3.81. The van der Waals surface area contributed by atoms with Crippen molar-refractivity contribution in [3.63, 3.8) is 0 Å². The summed E-state index contributed by atoms with van der Waals surface area (Å²) in [6.07, 6.45) is 0. The Morgan fingerprint density at radius 1 is 1.33 bits per heavy atom. The first-order valence-corrected chi connectivity index (χ1v) is 8.46. The van der Waals surface area contributed by atoms with Gasteiger partial charge < -0.3 is 24.5 Å². The van der Waals surface area contributed by atoms with Gasteiger partial charge in [0.1, 0.15) is 12.3 Å². The van der Waals surface area contributed by atoms with Crippen LogP contribution >= 0.6 is 0 Å². The molecule has 2 N–H and O–H groups in total. The second-order valence-electron chi connectivity index (χ2n) is 6.48. The molecule has 0 saturated carbocycles. The summed E-state index contributed by atoms with van der Waals surface area (Å²) < 4.78 is 15.9. The first-order valence-electron chi connectivity index (χ1n) is 8.46. The number of nitrogens with two attached hydrogens (primary N) is 1. The average molecular weight is 369 g/mol. The molecule has 2 heterocycles. The van der Waals surface area contributed by atoms with E-state index in [1.54, 1.807) is 20.0 Å². The van der Waals surface area contributed by atoms with Gasteiger partial charge in [-0.05, 0) is 12.5 Å². The molecule has 2 aliphatic rings. The Morgan fingerprint density at radius 2 is 2.07 bits per heavy atom. The smallest absolute Gasteiger partial charge is 0.337 e. The van der Waals surface area contributed by atoms with Crippen molar-refractivity contribution in [2.75, 3.05) is 33.1 Å². The molecule has 1 unspecified atom stereocenters. The van der Waals surface area contributed by atoms with E-state index in [-0.39, 0.29) is 30.7 Å². The lowest BCUT2D eigenvalue weighted by molar-refractivity contribution is -0.142. The monoisotopic (exact) mass is 369 g/mol. The van der Waals surface area contributed by atoms with Crippen LogP contribution in [0.4, 0.5) is 6.01 Å². The highest BCUT2D eigenvalue weighted by molar-refractivity contribution is 6.14. The third-order valence-electron chi connectivity index (χ3n) is 5.16. The highest BCUT2D eigenvalue weighted by Gasteiger charge is 2.63. The number of carbonyl (C=O) groups excluding carboxylic acids is 2. The molecule has 0 saturated heterocycles. The van der Waals surface area contributed by atoms with Crippen LogP contribution in [0.1, 0.15) is 18.2 Å². The first-order chi connectivity index (χ1) is 12.9. The predicted octanol–water partition coefficient (Wildman–Crippen LogP) is 1.46. The van der Waals surface area contributed by atoms with Crippen LogP contribution in [0.3, 0.4) is 0 Å². The molecular weight excluding hydrogens is 350 g/mol. The Balaban J connectivity index is 1.97. The number of methoxy groups -OCH3 is 1. The number of hydrogen-bond acceptors (Lipinski definition) is 7. The summed E-state index contributed by atoms with van der Waals surface area (Å²) in [5.41, 5.74) is 6.75. The van der Waals surface area contributed by atoms with Crippen LogP contribution < -0.4 is 5.73 Å². The fraction of sp³-hybridized carbons (Fsp3) is 0.316. The second kappa shape index (κ2) is 5.95. The third kappa shape index (κ3) is 2.10. The molecule has 1 amide bonds. The van der Waals surface area contributed by atoms with Crippen LogP contribution in [0.25, 0.3) is 11.3 Å². The van der Waals surface area contributed by atoms with Gasteiger partial charge in [0.25, 0.3) is 6.01 Å². The number of nitrogens with zero attached hydrogens (tertiary/aromatic N) is 2. The van der Waals surface area contributed by atoms with Crippen molar-refractivity contribution in [2.24, 2.45) is 0 Å². The van der Waals surface area contributed by atoms with Crippen molar-refractivity contribution in [3.05, 3.63) is 46.8 Å². The fourth-order valence-corrected chi connectivity index (χ4v) is 3.92. The number of aromatic nitrogens is 1. The molecule has 27 heavy (non-hydrogen) atoms. The van der Waals surface area contributed by atoms with E-state index in [4.69, 9.17) is 19.6 Å². The average Bonchev–Trinajstić information content (AvgIpc) is 3.22. The van der Waals surface area contributed by atoms with Crippen molar-refractivity contribution in [1.29, 1.82) is 0 Å². The van der Waals surface area contributed by atoms with Crippen LogP contribution in [0.2, 0.25) is 0 Å². The summed E-state index contributed by atoms with van der Waals surface area (Å²) in [7, 11) is 3.14. The van der Waals surface area contributed by atoms with E-state index in [1.807, 2.05) is 18.2 Å². The van der Waals surface area contributed by atoms with Gasteiger partial charge in [-0.3, -0.25) is 4.79 Å². The van der Waals surface area contributed by atoms with Gasteiger partial charge in [-0.15, -0.1) is 0 Å². The van der Waals surface area contributed by atoms with E-state index < -0.39 is 11.4 Å². The molecule has 140 valence electrons. The third-order valence-corrected chi connectivity index (χ3v) is 5.16. The molecule has 4 rings (SSSR count). The van der Waals surface area contributed by atoms with Crippen molar-refractivity contribution in [1.82, 2.24) is 9.88 Å². The largest absolute Gasteiger partial charge is 0.460 e. The zero-order valence-corrected chi connectivity index (χ0v) is 15.2. The lowest BCUT2D eigenvalue weighted by Gasteiger charge is -2.25. The van der Waals surface area contributed by atoms with Crippen molar-refractivity contribution >= 4 is 17.9 Å². The van der Waals surface area contributed by atoms with Crippen LogP contribution in [0, 0.1) is 0 Å². The number of oxazole rings is 1. The zero-order chi connectivity index (χ0) is 19.3. The number of amides is 1. The standard InChI is InChI=1S/C19H19N3O5/c1-10-13(16(23)26-9-8-25-3)19(17(24)22(10)2)12-7-5-4-6-11(12)14-15(19)21-18(20)27-14/h4-7H,8-9H2,1-3H3,(H2,20,21). The highest BCUT2D eigenvalue weighted by Crippen LogP contribution is 2.57. The molecule has 1 aromatic carbocycles. The number of esters is 1. The SMILES string of the molecule is COCCOC(=O)C1=C(C)N(C)C(=O)C12c1ccccc1-c1oc(N)nc12. The number of carbonyl (C=O) groups is 2. The molecule has 1 aliphatic carbocycles. The number of likely N-dealkylation sites (N-methyl/N-ethyl adjacent to an activating group) is 1. The van der Waals surface area contributed by atoms with Crippen LogP contribution in [0.15, 0.2) is 40.0 Å². The first kappa shape index (κ1) is 17.3. The predicted molar refractivity (Wildman–Crippen MR) is 95.4 cm³/mol. The van der Waals surface area contributed by atoms with Gasteiger partial charge in [-0.1, -0.05) is 24.3 Å². The maximum absolute atomic E-state index is 13.4. The summed E-state index contributed by atoms with van der Waals surface area (Å²) in [4.78, 5) is 32.2. The molecule has 1 aromatic heterocycles. The Hall–Kier alpha value is -3.13. The van der Waals surface area contributed by atoms with Crippen molar-refractivity contribution < 1.29 is 23.5 Å². The van der Waals surface area contributed by atoms with E-state index in [2.05, 4.69) is 4.98 Å². The quantitative estimate of drug-likeness (QED) is 0.642. The van der Waals surface area contributed by atoms with E-state index in [9.17, 15) is 9.59 Å². The van der Waals surface area contributed by atoms with Gasteiger partial charge in [0.15, 0.2) is 11.2 Å². The summed E-state index contributed by atoms with van der Waals surface area (Å²) in [5, 5.41) is 0. The lowest BCUT2D eigenvalue weighted by Crippen LogP contribution is -2.41. The zero-order valence-electron chi connectivity index (χ0n) is 15.2. The molecule has 2 aromatic rings. The van der Waals surface area contributed by atoms with Crippen molar-refractivity contribution in [3.8, 4) is 11.3 Å². The van der Waals surface area contributed by atoms with Crippen LogP contribution in [-0.2, 0) is 24.5 Å². The van der Waals surface area contributed by atoms with Crippen LogP contribution in [-0.4, -0.2) is 49.1 Å². The highest BCUT2D eigenvalue weighted by atomic mass is 16.6. The number of allylic oxidation sites excluding steroid dienone is 1. The fourth-order valence-electron chi connectivity index (χ4n) is 3.92. The van der Waals surface area contributed by atoms with Crippen LogP contribution in [0.5, 0.6) is 0 Å². The summed E-state index contributed by atoms with van der Waals surface area (Å²) in [6, 6.07) is 7.21. The molecule has 8 nitrogen and oxygen atoms in total. The minimum atomic E-state index is -1.42. The van der Waals surface area contributed by atoms with Crippen molar-refractivity contribution in [2.45, 2.75) is 12.3 Å². The molecule has 0 radical (unpaired) electrons. The second-order valence-corrected chi connectivity index (χ2v) is 6.48. The number of rotatable bonds is 4. The minimum absolute atomic E-state index is 0.0546. The Bertz CT molecular complexity index is 993. The topological polar surface area (TPSA) is 108 Å². The van der Waals surface area contributed by atoms with Gasteiger partial charge in [-0.2, -0.15) is 4.98 Å². The maximum atomic E-state index is 13.4.